The molecule has 1 aliphatic heterocycles. The summed E-state index contributed by atoms with van der Waals surface area (Å²) in [6, 6.07) is 0. The van der Waals surface area contributed by atoms with Crippen LogP contribution in [0, 0.1) is 5.41 Å². The van der Waals surface area contributed by atoms with Crippen LogP contribution in [-0.4, -0.2) is 112 Å². The Labute approximate surface area is 263 Å². The van der Waals surface area contributed by atoms with Crippen LogP contribution in [0.1, 0.15) is 94.2 Å². The smallest absolute Gasteiger partial charge is 0.147 e. The van der Waals surface area contributed by atoms with Crippen molar-refractivity contribution in [3.63, 3.8) is 0 Å². The van der Waals surface area contributed by atoms with E-state index in [1.807, 2.05) is 12.4 Å². The molecule has 9 nitrogen and oxygen atoms in total. The second-order valence-corrected chi connectivity index (χ2v) is 15.4. The maximum absolute atomic E-state index is 6.36. The summed E-state index contributed by atoms with van der Waals surface area (Å²) in [7, 11) is 0. The van der Waals surface area contributed by atoms with E-state index in [4.69, 9.17) is 18.9 Å². The molecule has 1 N–H and O–H groups in total. The molecule has 0 spiro atoms. The Kier molecular flexibility index (Phi) is 15.8. The maximum Gasteiger partial charge on any atom is 0.147 e. The van der Waals surface area contributed by atoms with Crippen LogP contribution in [0.25, 0.3) is 0 Å². The first-order valence-electron chi connectivity index (χ1n) is 16.5. The van der Waals surface area contributed by atoms with Gasteiger partial charge >= 0.3 is 0 Å². The van der Waals surface area contributed by atoms with Crippen molar-refractivity contribution < 1.29 is 18.9 Å². The quantitative estimate of drug-likeness (QED) is 0.198. The number of nitrogens with zero attached hydrogens (tertiary/aromatic N) is 4. The van der Waals surface area contributed by atoms with Gasteiger partial charge in [-0.1, -0.05) is 41.5 Å². The molecular formula is C34H65N5O4. The molecule has 0 radical (unpaired) electrons. The fraction of sp³-hybridized carbons (Fsp3) is 0.882. The van der Waals surface area contributed by atoms with E-state index in [9.17, 15) is 0 Å². The largest absolute Gasteiger partial charge is 0.379 e. The molecule has 0 bridgehead atoms. The highest BCUT2D eigenvalue weighted by atomic mass is 16.5. The number of rotatable bonds is 20. The van der Waals surface area contributed by atoms with E-state index in [0.29, 0.717) is 38.4 Å². The average Bonchev–Trinajstić information content (AvgIpc) is 2.92. The van der Waals surface area contributed by atoms with Gasteiger partial charge in [0.15, 0.2) is 0 Å². The predicted octanol–water partition coefficient (Wildman–Crippen LogP) is 5.33. The molecule has 9 heteroatoms. The molecule has 1 saturated heterocycles. The normalized spacial score (nSPS) is 15.8. The Morgan fingerprint density at radius 2 is 1.28 bits per heavy atom. The fourth-order valence-corrected chi connectivity index (χ4v) is 4.68. The van der Waals surface area contributed by atoms with Gasteiger partial charge in [-0.25, -0.2) is 4.98 Å². The third-order valence-corrected chi connectivity index (χ3v) is 7.95. The van der Waals surface area contributed by atoms with Gasteiger partial charge in [0.2, 0.25) is 0 Å². The van der Waals surface area contributed by atoms with Gasteiger partial charge in [-0.3, -0.25) is 9.88 Å². The third kappa shape index (κ3) is 17.1. The topological polar surface area (TPSA) is 81.2 Å². The molecule has 2 rings (SSSR count). The summed E-state index contributed by atoms with van der Waals surface area (Å²) >= 11 is 0. The predicted molar refractivity (Wildman–Crippen MR) is 177 cm³/mol. The molecule has 2 heterocycles. The maximum atomic E-state index is 6.36. The van der Waals surface area contributed by atoms with Crippen LogP contribution in [0.3, 0.4) is 0 Å². The molecule has 0 saturated carbocycles. The molecule has 0 unspecified atom stereocenters. The van der Waals surface area contributed by atoms with E-state index in [-0.39, 0.29) is 16.6 Å². The van der Waals surface area contributed by atoms with E-state index in [1.165, 1.54) is 0 Å². The summed E-state index contributed by atoms with van der Waals surface area (Å²) in [5, 5.41) is 3.64. The zero-order valence-electron chi connectivity index (χ0n) is 29.4. The molecule has 1 aromatic heterocycles. The summed E-state index contributed by atoms with van der Waals surface area (Å²) in [5.41, 5.74) is 1.24. The fourth-order valence-electron chi connectivity index (χ4n) is 4.68. The summed E-state index contributed by atoms with van der Waals surface area (Å²) < 4.78 is 23.3. The molecule has 0 aliphatic carbocycles. The lowest BCUT2D eigenvalue weighted by atomic mass is 9.91. The number of hydrogen-bond donors (Lipinski definition) is 1. The SMILES string of the molecule is CC(C)(C)CCOCCOCCOCCNC(C)(C)CCC(C)(C)OCCN1CCN(c2cnc(C(C)(C)C)cn2)CC1. The second kappa shape index (κ2) is 18.0. The van der Waals surface area contributed by atoms with E-state index < -0.39 is 0 Å². The van der Waals surface area contributed by atoms with Crippen molar-refractivity contribution in [2.45, 2.75) is 105 Å². The molecule has 250 valence electrons. The van der Waals surface area contributed by atoms with Crippen LogP contribution in [0.15, 0.2) is 12.4 Å². The van der Waals surface area contributed by atoms with E-state index in [1.54, 1.807) is 0 Å². The average molecular weight is 608 g/mol. The van der Waals surface area contributed by atoms with Gasteiger partial charge < -0.3 is 29.2 Å². The molecule has 0 aromatic carbocycles. The van der Waals surface area contributed by atoms with Crippen molar-refractivity contribution in [3.8, 4) is 0 Å². The summed E-state index contributed by atoms with van der Waals surface area (Å²) in [6.07, 6.45) is 6.94. The highest BCUT2D eigenvalue weighted by Crippen LogP contribution is 2.23. The number of aromatic nitrogens is 2. The molecule has 43 heavy (non-hydrogen) atoms. The number of hydrogen-bond acceptors (Lipinski definition) is 9. The first-order chi connectivity index (χ1) is 20.1. The Hall–Kier alpha value is -1.36. The first kappa shape index (κ1) is 37.8. The number of nitrogens with one attached hydrogen (secondary N) is 1. The van der Waals surface area contributed by atoms with Crippen molar-refractivity contribution >= 4 is 5.82 Å². The van der Waals surface area contributed by atoms with Crippen LogP contribution in [-0.2, 0) is 24.4 Å². The van der Waals surface area contributed by atoms with E-state index in [0.717, 1.165) is 83.3 Å². The van der Waals surface area contributed by atoms with Gasteiger partial charge in [0.1, 0.15) is 5.82 Å². The Morgan fingerprint density at radius 3 is 1.84 bits per heavy atom. The summed E-state index contributed by atoms with van der Waals surface area (Å²) in [6.45, 7) is 32.6. The summed E-state index contributed by atoms with van der Waals surface area (Å²) in [4.78, 5) is 14.2. The van der Waals surface area contributed by atoms with Gasteiger partial charge in [0.25, 0.3) is 0 Å². The lowest BCUT2D eigenvalue weighted by molar-refractivity contribution is -0.0370. The van der Waals surface area contributed by atoms with Crippen molar-refractivity contribution in [1.82, 2.24) is 20.2 Å². The highest BCUT2D eigenvalue weighted by Gasteiger charge is 2.26. The lowest BCUT2D eigenvalue weighted by Crippen LogP contribution is -2.48. The summed E-state index contributed by atoms with van der Waals surface area (Å²) in [5.74, 6) is 0.977. The molecular weight excluding hydrogens is 542 g/mol. The molecule has 1 fully saturated rings. The van der Waals surface area contributed by atoms with Crippen LogP contribution in [0.2, 0.25) is 0 Å². The van der Waals surface area contributed by atoms with Gasteiger partial charge in [-0.15, -0.1) is 0 Å². The third-order valence-electron chi connectivity index (χ3n) is 7.95. The Morgan fingerprint density at radius 1 is 0.674 bits per heavy atom. The second-order valence-electron chi connectivity index (χ2n) is 15.4. The lowest BCUT2D eigenvalue weighted by Gasteiger charge is -2.36. The molecule has 0 atom stereocenters. The minimum Gasteiger partial charge on any atom is -0.379 e. The first-order valence-corrected chi connectivity index (χ1v) is 16.5. The monoisotopic (exact) mass is 608 g/mol. The zero-order valence-corrected chi connectivity index (χ0v) is 29.4. The van der Waals surface area contributed by atoms with E-state index in [2.05, 4.69) is 94.3 Å². The van der Waals surface area contributed by atoms with E-state index >= 15 is 0 Å². The Balaban J connectivity index is 1.50. The highest BCUT2D eigenvalue weighted by molar-refractivity contribution is 5.37. The van der Waals surface area contributed by atoms with Crippen LogP contribution in [0.5, 0.6) is 0 Å². The number of ether oxygens (including phenoxy) is 4. The minimum atomic E-state index is -0.157. The van der Waals surface area contributed by atoms with Gasteiger partial charge in [-0.05, 0) is 52.4 Å². The van der Waals surface area contributed by atoms with Crippen molar-refractivity contribution in [3.05, 3.63) is 18.1 Å². The molecule has 1 aliphatic rings. The Bertz CT molecular complexity index is 872. The standard InChI is InChI=1S/C34H65N5O4/c1-31(2,3)13-20-40-23-25-42-26-24-41-21-14-37-33(7,8)11-12-34(9,10)43-22-19-38-15-17-39(18-16-38)30-28-35-29(27-36-30)32(4,5)6/h27-28,37H,11-26H2,1-10H3. The van der Waals surface area contributed by atoms with Gasteiger partial charge in [0, 0.05) is 56.8 Å². The minimum absolute atomic E-state index is 0.0230. The van der Waals surface area contributed by atoms with Crippen LogP contribution >= 0.6 is 0 Å². The van der Waals surface area contributed by atoms with Crippen molar-refractivity contribution in [1.29, 1.82) is 0 Å². The van der Waals surface area contributed by atoms with Gasteiger partial charge in [-0.2, -0.15) is 0 Å². The van der Waals surface area contributed by atoms with Crippen molar-refractivity contribution in [2.24, 2.45) is 5.41 Å². The zero-order chi connectivity index (χ0) is 32.0. The van der Waals surface area contributed by atoms with Crippen LogP contribution in [0.4, 0.5) is 5.82 Å². The van der Waals surface area contributed by atoms with Crippen LogP contribution < -0.4 is 10.2 Å². The number of anilines is 1. The molecule has 1 aromatic rings. The van der Waals surface area contributed by atoms with Gasteiger partial charge in [0.05, 0.1) is 63.3 Å². The van der Waals surface area contributed by atoms with Crippen molar-refractivity contribution in [2.75, 3.05) is 90.4 Å². The number of piperazine rings is 1. The molecule has 0 amide bonds.